The van der Waals surface area contributed by atoms with Crippen LogP contribution in [0.2, 0.25) is 0 Å². The van der Waals surface area contributed by atoms with E-state index in [1.54, 1.807) is 6.92 Å². The van der Waals surface area contributed by atoms with E-state index in [1.807, 2.05) is 0 Å². The number of hydrogen-bond donors (Lipinski definition) is 2. The van der Waals surface area contributed by atoms with Crippen LogP contribution >= 0.6 is 0 Å². The average Bonchev–Trinajstić information content (AvgIpc) is 3.06. The molecule has 0 amide bonds. The summed E-state index contributed by atoms with van der Waals surface area (Å²) in [6, 6.07) is -0.781. The molecule has 2 aliphatic rings. The third kappa shape index (κ3) is 3.92. The first kappa shape index (κ1) is 16.6. The molecule has 21 heavy (non-hydrogen) atoms. The molecule has 8 nitrogen and oxygen atoms in total. The number of nitrogens with one attached hydrogen (secondary N) is 1. The highest BCUT2D eigenvalue weighted by Gasteiger charge is 2.41. The van der Waals surface area contributed by atoms with Gasteiger partial charge in [-0.15, -0.1) is 0 Å². The molecule has 0 aromatic rings. The predicted molar refractivity (Wildman–Crippen MR) is 73.7 cm³/mol. The fourth-order valence-electron chi connectivity index (χ4n) is 2.55. The van der Waals surface area contributed by atoms with Crippen molar-refractivity contribution in [1.29, 1.82) is 0 Å². The molecule has 2 heterocycles. The van der Waals surface area contributed by atoms with Gasteiger partial charge in [-0.2, -0.15) is 17.4 Å². The number of hydrogen-bond acceptors (Lipinski definition) is 6. The molecule has 2 atom stereocenters. The molecule has 122 valence electrons. The molecule has 0 aliphatic carbocycles. The minimum absolute atomic E-state index is 0.108. The third-order valence-electron chi connectivity index (χ3n) is 3.74. The van der Waals surface area contributed by atoms with E-state index in [9.17, 15) is 18.3 Å². The molecule has 0 radical (unpaired) electrons. The van der Waals surface area contributed by atoms with Crippen LogP contribution in [0.5, 0.6) is 0 Å². The van der Waals surface area contributed by atoms with Crippen LogP contribution in [0.4, 0.5) is 0 Å². The van der Waals surface area contributed by atoms with Crippen molar-refractivity contribution in [2.75, 3.05) is 32.9 Å². The second kappa shape index (κ2) is 6.57. The van der Waals surface area contributed by atoms with E-state index in [0.29, 0.717) is 25.9 Å². The van der Waals surface area contributed by atoms with Crippen LogP contribution in [0, 0.1) is 0 Å². The largest absolute Gasteiger partial charge is 0.465 e. The Morgan fingerprint density at radius 1 is 1.57 bits per heavy atom. The molecular formula is C12H22N2O6S. The molecule has 0 bridgehead atoms. The van der Waals surface area contributed by atoms with Gasteiger partial charge in [0.15, 0.2) is 0 Å². The predicted octanol–water partition coefficient (Wildman–Crippen LogP) is -1.00. The molecule has 0 saturated carbocycles. The van der Waals surface area contributed by atoms with Crippen molar-refractivity contribution in [2.24, 2.45) is 0 Å². The lowest BCUT2D eigenvalue weighted by molar-refractivity contribution is -0.146. The van der Waals surface area contributed by atoms with E-state index in [4.69, 9.17) is 9.47 Å². The Bertz CT molecular complexity index is 474. The summed E-state index contributed by atoms with van der Waals surface area (Å²) in [6.45, 7) is 2.56. The summed E-state index contributed by atoms with van der Waals surface area (Å²) < 4.78 is 38.1. The fourth-order valence-corrected chi connectivity index (χ4v) is 4.06. The number of carbonyl (C=O) groups is 1. The summed E-state index contributed by atoms with van der Waals surface area (Å²) in [7, 11) is -3.83. The fraction of sp³-hybridized carbons (Fsp3) is 0.917. The summed E-state index contributed by atoms with van der Waals surface area (Å²) in [5.41, 5.74) is -1.17. The smallest absolute Gasteiger partial charge is 0.324 e. The standard InChI is InChI=1S/C12H22N2O6S/c1-2-20-11(15)10-4-3-6-14(10)21(17,18)13-8-12(16)5-7-19-9-12/h10,13,16H,2-9H2,1H3. The summed E-state index contributed by atoms with van der Waals surface area (Å²) in [5.74, 6) is -0.525. The van der Waals surface area contributed by atoms with Crippen LogP contribution in [-0.4, -0.2) is 68.4 Å². The first-order chi connectivity index (χ1) is 9.88. The Morgan fingerprint density at radius 2 is 2.33 bits per heavy atom. The van der Waals surface area contributed by atoms with Gasteiger partial charge in [-0.25, -0.2) is 0 Å². The van der Waals surface area contributed by atoms with Gasteiger partial charge in [0.1, 0.15) is 11.6 Å². The van der Waals surface area contributed by atoms with Gasteiger partial charge in [-0.1, -0.05) is 0 Å². The van der Waals surface area contributed by atoms with Crippen molar-refractivity contribution in [1.82, 2.24) is 9.03 Å². The zero-order chi connectivity index (χ0) is 15.5. The van der Waals surface area contributed by atoms with Gasteiger partial charge < -0.3 is 14.6 Å². The van der Waals surface area contributed by atoms with E-state index in [2.05, 4.69) is 4.72 Å². The van der Waals surface area contributed by atoms with Crippen molar-refractivity contribution < 1.29 is 27.8 Å². The number of esters is 1. The highest BCUT2D eigenvalue weighted by molar-refractivity contribution is 7.87. The van der Waals surface area contributed by atoms with Gasteiger partial charge in [0.05, 0.1) is 13.2 Å². The molecule has 2 rings (SSSR count). The highest BCUT2D eigenvalue weighted by atomic mass is 32.2. The first-order valence-corrected chi connectivity index (χ1v) is 8.55. The quantitative estimate of drug-likeness (QED) is 0.608. The van der Waals surface area contributed by atoms with E-state index < -0.39 is 27.8 Å². The monoisotopic (exact) mass is 322 g/mol. The van der Waals surface area contributed by atoms with Gasteiger partial charge >= 0.3 is 5.97 Å². The van der Waals surface area contributed by atoms with E-state index >= 15 is 0 Å². The molecule has 2 N–H and O–H groups in total. The Balaban J connectivity index is 1.99. The lowest BCUT2D eigenvalue weighted by Gasteiger charge is -2.26. The van der Waals surface area contributed by atoms with Crippen LogP contribution in [0.15, 0.2) is 0 Å². The van der Waals surface area contributed by atoms with E-state index in [0.717, 1.165) is 4.31 Å². The highest BCUT2D eigenvalue weighted by Crippen LogP contribution is 2.23. The van der Waals surface area contributed by atoms with Crippen LogP contribution in [0.1, 0.15) is 26.2 Å². The second-order valence-corrected chi connectivity index (χ2v) is 7.08. The van der Waals surface area contributed by atoms with Crippen LogP contribution in [0.3, 0.4) is 0 Å². The maximum Gasteiger partial charge on any atom is 0.324 e. The number of ether oxygens (including phenoxy) is 2. The van der Waals surface area contributed by atoms with Crippen LogP contribution in [-0.2, 0) is 24.5 Å². The number of rotatable bonds is 6. The molecule has 2 saturated heterocycles. The van der Waals surface area contributed by atoms with Gasteiger partial charge in [-0.3, -0.25) is 4.79 Å². The zero-order valence-corrected chi connectivity index (χ0v) is 12.9. The van der Waals surface area contributed by atoms with Crippen molar-refractivity contribution in [3.8, 4) is 0 Å². The van der Waals surface area contributed by atoms with Gasteiger partial charge in [-0.05, 0) is 19.8 Å². The minimum atomic E-state index is -3.83. The molecule has 2 aliphatic heterocycles. The zero-order valence-electron chi connectivity index (χ0n) is 12.1. The number of aliphatic hydroxyl groups is 1. The van der Waals surface area contributed by atoms with Gasteiger partial charge in [0.25, 0.3) is 10.2 Å². The Kier molecular flexibility index (Phi) is 5.20. The Labute approximate surface area is 124 Å². The summed E-state index contributed by atoms with van der Waals surface area (Å²) >= 11 is 0. The van der Waals surface area contributed by atoms with Crippen molar-refractivity contribution in [3.63, 3.8) is 0 Å². The summed E-state index contributed by atoms with van der Waals surface area (Å²) in [6.07, 6.45) is 1.45. The summed E-state index contributed by atoms with van der Waals surface area (Å²) in [5, 5.41) is 10.1. The van der Waals surface area contributed by atoms with Crippen LogP contribution < -0.4 is 4.72 Å². The maximum atomic E-state index is 12.3. The maximum absolute atomic E-state index is 12.3. The number of nitrogens with zero attached hydrogens (tertiary/aromatic N) is 1. The summed E-state index contributed by atoms with van der Waals surface area (Å²) in [4.78, 5) is 11.8. The van der Waals surface area contributed by atoms with Crippen molar-refractivity contribution >= 4 is 16.2 Å². The molecule has 2 fully saturated rings. The lowest BCUT2D eigenvalue weighted by Crippen LogP contribution is -2.51. The van der Waals surface area contributed by atoms with E-state index in [1.165, 1.54) is 0 Å². The average molecular weight is 322 g/mol. The second-order valence-electron chi connectivity index (χ2n) is 5.37. The third-order valence-corrected chi connectivity index (χ3v) is 5.30. The lowest BCUT2D eigenvalue weighted by atomic mass is 10.1. The topological polar surface area (TPSA) is 105 Å². The molecule has 2 unspecified atom stereocenters. The first-order valence-electron chi connectivity index (χ1n) is 7.11. The molecule has 9 heteroatoms. The minimum Gasteiger partial charge on any atom is -0.465 e. The van der Waals surface area contributed by atoms with Crippen molar-refractivity contribution in [3.05, 3.63) is 0 Å². The molecule has 0 spiro atoms. The number of carbonyl (C=O) groups excluding carboxylic acids is 1. The molecule has 0 aromatic heterocycles. The van der Waals surface area contributed by atoms with Gasteiger partial charge in [0, 0.05) is 26.1 Å². The van der Waals surface area contributed by atoms with Gasteiger partial charge in [0.2, 0.25) is 0 Å². The Hall–Kier alpha value is -0.740. The van der Waals surface area contributed by atoms with Crippen molar-refractivity contribution in [2.45, 2.75) is 37.8 Å². The van der Waals surface area contributed by atoms with Crippen LogP contribution in [0.25, 0.3) is 0 Å². The SMILES string of the molecule is CCOC(=O)C1CCCN1S(=O)(=O)NCC1(O)CCOC1. The Morgan fingerprint density at radius 3 is 2.95 bits per heavy atom. The molecule has 0 aromatic carbocycles. The molecular weight excluding hydrogens is 300 g/mol. The van der Waals surface area contributed by atoms with E-state index in [-0.39, 0.29) is 26.3 Å². The normalized spacial score (nSPS) is 30.7.